The third-order valence-electron chi connectivity index (χ3n) is 5.42. The normalized spacial score (nSPS) is 21.7. The zero-order valence-corrected chi connectivity index (χ0v) is 18.7. The molecule has 1 aromatic rings. The molecule has 1 N–H and O–H groups in total. The molecule has 2 fully saturated rings. The zero-order valence-electron chi connectivity index (χ0n) is 17.9. The average Bonchev–Trinajstić information content (AvgIpc) is 3.23. The number of aryl methyl sites for hydroxylation is 1. The number of carbonyl (C=O) groups excluding carboxylic acids is 1. The van der Waals surface area contributed by atoms with Gasteiger partial charge in [-0.2, -0.15) is 4.31 Å². The van der Waals surface area contributed by atoms with Gasteiger partial charge in [0.1, 0.15) is 6.10 Å². The Labute approximate surface area is 178 Å². The van der Waals surface area contributed by atoms with E-state index in [2.05, 4.69) is 5.32 Å². The Morgan fingerprint density at radius 3 is 2.63 bits per heavy atom. The molecule has 0 spiro atoms. The Bertz CT molecular complexity index is 830. The van der Waals surface area contributed by atoms with Gasteiger partial charge in [-0.05, 0) is 43.4 Å². The van der Waals surface area contributed by atoms with E-state index in [4.69, 9.17) is 14.2 Å². The molecule has 1 aromatic carbocycles. The predicted molar refractivity (Wildman–Crippen MR) is 113 cm³/mol. The van der Waals surface area contributed by atoms with Gasteiger partial charge in [-0.3, -0.25) is 4.79 Å². The topological polar surface area (TPSA) is 94.2 Å². The number of hydrogen-bond acceptors (Lipinski definition) is 6. The van der Waals surface area contributed by atoms with Gasteiger partial charge in [0.05, 0.1) is 30.8 Å². The summed E-state index contributed by atoms with van der Waals surface area (Å²) in [5.41, 5.74) is 1.26. The van der Waals surface area contributed by atoms with Gasteiger partial charge in [-0.15, -0.1) is 0 Å². The molecule has 8 nitrogen and oxygen atoms in total. The van der Waals surface area contributed by atoms with Crippen LogP contribution in [0.2, 0.25) is 0 Å². The first-order chi connectivity index (χ1) is 14.3. The Kier molecular flexibility index (Phi) is 7.86. The number of nitrogens with one attached hydrogen (secondary N) is 1. The van der Waals surface area contributed by atoms with E-state index < -0.39 is 16.1 Å². The number of sulfonamides is 1. The molecule has 2 aliphatic rings. The predicted octanol–water partition coefficient (Wildman–Crippen LogP) is 2.17. The molecule has 0 saturated carbocycles. The van der Waals surface area contributed by atoms with Crippen LogP contribution < -0.4 is 5.32 Å². The molecule has 3 rings (SSSR count). The van der Waals surface area contributed by atoms with Crippen LogP contribution in [0.5, 0.6) is 0 Å². The minimum absolute atomic E-state index is 0.0304. The van der Waals surface area contributed by atoms with Crippen molar-refractivity contribution in [3.63, 3.8) is 0 Å². The fourth-order valence-corrected chi connectivity index (χ4v) is 5.03. The number of carbonyl (C=O) groups is 1. The fraction of sp³-hybridized carbons (Fsp3) is 0.667. The van der Waals surface area contributed by atoms with E-state index in [-0.39, 0.29) is 22.8 Å². The maximum atomic E-state index is 12.9. The van der Waals surface area contributed by atoms with Crippen molar-refractivity contribution in [2.24, 2.45) is 5.92 Å². The lowest BCUT2D eigenvalue weighted by molar-refractivity contribution is -0.132. The molecular weight excluding hydrogens is 408 g/mol. The Hall–Kier alpha value is -1.52. The molecule has 168 valence electrons. The molecule has 2 heterocycles. The summed E-state index contributed by atoms with van der Waals surface area (Å²) in [5.74, 6) is -0.320. The van der Waals surface area contributed by atoms with E-state index in [1.54, 1.807) is 12.1 Å². The summed E-state index contributed by atoms with van der Waals surface area (Å²) in [4.78, 5) is 13.1. The number of nitrogens with zero attached hydrogens (tertiary/aromatic N) is 1. The lowest BCUT2D eigenvalue weighted by atomic mass is 10.1. The van der Waals surface area contributed by atoms with Crippen LogP contribution in [0, 0.1) is 12.8 Å². The third-order valence-corrected chi connectivity index (χ3v) is 7.32. The second-order valence-corrected chi connectivity index (χ2v) is 10.1. The maximum absolute atomic E-state index is 12.9. The average molecular weight is 441 g/mol. The number of rotatable bonds is 8. The summed E-state index contributed by atoms with van der Waals surface area (Å²) in [6.07, 6.45) is 1.33. The number of amides is 1. The Morgan fingerprint density at radius 2 is 2.00 bits per heavy atom. The number of ether oxygens (including phenoxy) is 3. The molecule has 0 unspecified atom stereocenters. The molecule has 0 bridgehead atoms. The van der Waals surface area contributed by atoms with Crippen molar-refractivity contribution in [1.82, 2.24) is 4.31 Å². The molecule has 9 heteroatoms. The van der Waals surface area contributed by atoms with Gasteiger partial charge in [0.15, 0.2) is 0 Å². The highest BCUT2D eigenvalue weighted by molar-refractivity contribution is 7.89. The minimum Gasteiger partial charge on any atom is -0.379 e. The van der Waals surface area contributed by atoms with Crippen LogP contribution in [0.4, 0.5) is 5.69 Å². The van der Waals surface area contributed by atoms with Crippen LogP contribution in [0.25, 0.3) is 0 Å². The minimum atomic E-state index is -3.64. The fourth-order valence-electron chi connectivity index (χ4n) is 3.59. The van der Waals surface area contributed by atoms with Crippen LogP contribution in [-0.4, -0.2) is 70.4 Å². The lowest BCUT2D eigenvalue weighted by Gasteiger charge is -2.26. The van der Waals surface area contributed by atoms with E-state index >= 15 is 0 Å². The molecular formula is C21H32N2O6S. The van der Waals surface area contributed by atoms with Crippen LogP contribution >= 0.6 is 0 Å². The van der Waals surface area contributed by atoms with Gasteiger partial charge >= 0.3 is 0 Å². The largest absolute Gasteiger partial charge is 0.379 e. The first-order valence-corrected chi connectivity index (χ1v) is 12.0. The molecule has 30 heavy (non-hydrogen) atoms. The molecule has 1 amide bonds. The SMILES string of the molecule is Cc1ccc(S(=O)(=O)N2CCOCC2)cc1NC(=O)[C@H](OC[C@@H]1CCCO1)C(C)C. The highest BCUT2D eigenvalue weighted by Gasteiger charge is 2.29. The van der Waals surface area contributed by atoms with Crippen molar-refractivity contribution in [3.05, 3.63) is 23.8 Å². The van der Waals surface area contributed by atoms with Crippen LogP contribution in [-0.2, 0) is 29.0 Å². The van der Waals surface area contributed by atoms with Crippen LogP contribution in [0.3, 0.4) is 0 Å². The number of anilines is 1. The van der Waals surface area contributed by atoms with E-state index in [1.165, 1.54) is 10.4 Å². The van der Waals surface area contributed by atoms with E-state index in [0.29, 0.717) is 38.6 Å². The quantitative estimate of drug-likeness (QED) is 0.666. The first kappa shape index (κ1) is 23.1. The molecule has 2 atom stereocenters. The lowest BCUT2D eigenvalue weighted by Crippen LogP contribution is -2.40. The van der Waals surface area contributed by atoms with Crippen LogP contribution in [0.1, 0.15) is 32.3 Å². The highest BCUT2D eigenvalue weighted by atomic mass is 32.2. The van der Waals surface area contributed by atoms with Gasteiger partial charge in [0, 0.05) is 25.4 Å². The van der Waals surface area contributed by atoms with E-state index in [1.807, 2.05) is 20.8 Å². The first-order valence-electron chi connectivity index (χ1n) is 10.5. The highest BCUT2D eigenvalue weighted by Crippen LogP contribution is 2.25. The van der Waals surface area contributed by atoms with Crippen molar-refractivity contribution in [1.29, 1.82) is 0 Å². The molecule has 0 aromatic heterocycles. The summed E-state index contributed by atoms with van der Waals surface area (Å²) in [6.45, 7) is 8.20. The van der Waals surface area contributed by atoms with E-state index in [9.17, 15) is 13.2 Å². The molecule has 2 aliphatic heterocycles. The van der Waals surface area contributed by atoms with Gasteiger partial charge in [0.25, 0.3) is 5.91 Å². The van der Waals surface area contributed by atoms with Crippen molar-refractivity contribution >= 4 is 21.6 Å². The number of benzene rings is 1. The Morgan fingerprint density at radius 1 is 1.27 bits per heavy atom. The smallest absolute Gasteiger partial charge is 0.253 e. The standard InChI is InChI=1S/C21H32N2O6S/c1-15(2)20(29-14-17-5-4-10-28-17)21(24)22-19-13-18(7-6-16(19)3)30(25,26)23-8-11-27-12-9-23/h6-7,13,15,17,20H,4-5,8-12,14H2,1-3H3,(H,22,24)/t17-,20+/m0/s1. The molecule has 0 radical (unpaired) electrons. The van der Waals surface area contributed by atoms with Crippen molar-refractivity contribution in [2.75, 3.05) is 44.8 Å². The van der Waals surface area contributed by atoms with Gasteiger partial charge in [-0.1, -0.05) is 19.9 Å². The van der Waals surface area contributed by atoms with Gasteiger partial charge in [-0.25, -0.2) is 8.42 Å². The van der Waals surface area contributed by atoms with Gasteiger partial charge in [0.2, 0.25) is 10.0 Å². The summed E-state index contributed by atoms with van der Waals surface area (Å²) in [6, 6.07) is 4.81. The number of hydrogen-bond donors (Lipinski definition) is 1. The summed E-state index contributed by atoms with van der Waals surface area (Å²) in [5, 5.41) is 2.87. The second kappa shape index (κ2) is 10.2. The molecule has 2 saturated heterocycles. The summed E-state index contributed by atoms with van der Waals surface area (Å²) in [7, 11) is -3.64. The van der Waals surface area contributed by atoms with Crippen molar-refractivity contribution < 1.29 is 27.4 Å². The monoisotopic (exact) mass is 440 g/mol. The maximum Gasteiger partial charge on any atom is 0.253 e. The second-order valence-electron chi connectivity index (χ2n) is 8.12. The summed E-state index contributed by atoms with van der Waals surface area (Å²) >= 11 is 0. The van der Waals surface area contributed by atoms with Crippen molar-refractivity contribution in [3.8, 4) is 0 Å². The van der Waals surface area contributed by atoms with Gasteiger partial charge < -0.3 is 19.5 Å². The van der Waals surface area contributed by atoms with Crippen LogP contribution in [0.15, 0.2) is 23.1 Å². The third kappa shape index (κ3) is 5.59. The number of morpholine rings is 1. The van der Waals surface area contributed by atoms with Crippen molar-refractivity contribution in [2.45, 2.75) is 50.7 Å². The zero-order chi connectivity index (χ0) is 21.7. The Balaban J connectivity index is 1.72. The summed E-state index contributed by atoms with van der Waals surface area (Å²) < 4.78 is 44.0. The molecule has 0 aliphatic carbocycles. The van der Waals surface area contributed by atoms with E-state index in [0.717, 1.165) is 25.0 Å².